The topological polar surface area (TPSA) is 90.0 Å². The predicted molar refractivity (Wildman–Crippen MR) is 138 cm³/mol. The molecule has 1 saturated heterocycles. The zero-order valence-corrected chi connectivity index (χ0v) is 22.1. The van der Waals surface area contributed by atoms with Crippen LogP contribution in [-0.4, -0.2) is 65.7 Å². The number of anilines is 1. The van der Waals surface area contributed by atoms with Gasteiger partial charge < -0.3 is 15.3 Å². The third kappa shape index (κ3) is 6.70. The second-order valence-electron chi connectivity index (χ2n) is 8.52. The Morgan fingerprint density at radius 2 is 1.84 bits per heavy atom. The number of nitrogens with one attached hydrogen (secondary N) is 1. The van der Waals surface area contributed by atoms with Gasteiger partial charge in [0.2, 0.25) is 0 Å². The summed E-state index contributed by atoms with van der Waals surface area (Å²) in [5, 5.41) is 11.2. The lowest BCUT2D eigenvalue weighted by Gasteiger charge is -2.35. The van der Waals surface area contributed by atoms with E-state index in [0.29, 0.717) is 22.2 Å². The molecule has 2 aromatic carbocycles. The highest BCUT2D eigenvalue weighted by molar-refractivity contribution is 7.98. The van der Waals surface area contributed by atoms with Crippen LogP contribution >= 0.6 is 35.0 Å². The minimum atomic E-state index is -5.08. The van der Waals surface area contributed by atoms with Crippen molar-refractivity contribution in [2.24, 2.45) is 0 Å². The van der Waals surface area contributed by atoms with Crippen molar-refractivity contribution in [1.29, 1.82) is 0 Å². The zero-order valence-electron chi connectivity index (χ0n) is 19.8. The van der Waals surface area contributed by atoms with Gasteiger partial charge in [-0.05, 0) is 60.4 Å². The maximum Gasteiger partial charge on any atom is 0.490 e. The average Bonchev–Trinajstić information content (AvgIpc) is 3.10. The number of alkyl halides is 3. The number of imide groups is 1. The maximum absolute atomic E-state index is 13.1. The zero-order chi connectivity index (χ0) is 27.5. The molecule has 200 valence electrons. The summed E-state index contributed by atoms with van der Waals surface area (Å²) in [4.78, 5) is 38.2. The standard InChI is InChI=1S/C22H23Cl2N3O2S.C2HF3O2/c1-26-11-16(15-9-13(23)10-18(24)17(15)12-26)14-5-3-4-6-20(14)27-21(28)19(7-8-30-2)25-22(27)29;3-2(4,5)1(6)7/h3-6,9-10,16,19H,7-8,11-12H2,1-2H3,(H,25,29);(H,6,7)/t16-,19?;/m0./s1. The van der Waals surface area contributed by atoms with Crippen LogP contribution in [0, 0.1) is 0 Å². The maximum atomic E-state index is 13.1. The first kappa shape index (κ1) is 29.1. The van der Waals surface area contributed by atoms with Crippen molar-refractivity contribution >= 4 is 58.6 Å². The number of thioether (sulfide) groups is 1. The Bertz CT molecular complexity index is 1200. The molecule has 1 fully saturated rings. The van der Waals surface area contributed by atoms with E-state index in [1.54, 1.807) is 17.8 Å². The molecule has 0 radical (unpaired) electrons. The van der Waals surface area contributed by atoms with Crippen LogP contribution in [0.5, 0.6) is 0 Å². The van der Waals surface area contributed by atoms with Gasteiger partial charge in [0.25, 0.3) is 5.91 Å². The molecular formula is C24H24Cl2F3N3O4S. The van der Waals surface area contributed by atoms with Crippen molar-refractivity contribution in [2.45, 2.75) is 31.1 Å². The highest BCUT2D eigenvalue weighted by atomic mass is 35.5. The Labute approximate surface area is 225 Å². The average molecular weight is 578 g/mol. The smallest absolute Gasteiger partial charge is 0.475 e. The highest BCUT2D eigenvalue weighted by Crippen LogP contribution is 2.41. The number of nitrogens with zero attached hydrogens (tertiary/aromatic N) is 2. The molecule has 3 amide bonds. The number of carboxylic acid groups (broad SMARTS) is 1. The Balaban J connectivity index is 0.000000479. The minimum Gasteiger partial charge on any atom is -0.475 e. The lowest BCUT2D eigenvalue weighted by molar-refractivity contribution is -0.192. The van der Waals surface area contributed by atoms with Crippen LogP contribution in [0.4, 0.5) is 23.7 Å². The summed E-state index contributed by atoms with van der Waals surface area (Å²) in [5.41, 5.74) is 3.61. The number of amides is 3. The van der Waals surface area contributed by atoms with Crippen LogP contribution in [0.3, 0.4) is 0 Å². The summed E-state index contributed by atoms with van der Waals surface area (Å²) < 4.78 is 31.7. The van der Waals surface area contributed by atoms with Crippen LogP contribution < -0.4 is 10.2 Å². The number of rotatable bonds is 5. The lowest BCUT2D eigenvalue weighted by Crippen LogP contribution is -2.35. The number of halogens is 5. The molecule has 7 nitrogen and oxygen atoms in total. The number of benzene rings is 2. The summed E-state index contributed by atoms with van der Waals surface area (Å²) in [6.07, 6.45) is -2.48. The van der Waals surface area contributed by atoms with Crippen LogP contribution in [0.1, 0.15) is 29.0 Å². The van der Waals surface area contributed by atoms with E-state index < -0.39 is 18.2 Å². The number of carbonyl (C=O) groups is 3. The normalized spacial score (nSPS) is 19.7. The number of urea groups is 1. The fraction of sp³-hybridized carbons (Fsp3) is 0.375. The molecule has 2 aromatic rings. The molecule has 13 heteroatoms. The van der Waals surface area contributed by atoms with E-state index in [9.17, 15) is 22.8 Å². The van der Waals surface area contributed by atoms with E-state index in [0.717, 1.165) is 35.5 Å². The van der Waals surface area contributed by atoms with Gasteiger partial charge in [0, 0.05) is 29.1 Å². The Kier molecular flexibility index (Phi) is 9.38. The van der Waals surface area contributed by atoms with E-state index in [2.05, 4.69) is 10.2 Å². The van der Waals surface area contributed by atoms with Crippen molar-refractivity contribution in [2.75, 3.05) is 30.5 Å². The molecular weight excluding hydrogens is 554 g/mol. The Morgan fingerprint density at radius 3 is 2.46 bits per heavy atom. The molecule has 0 saturated carbocycles. The second kappa shape index (κ2) is 11.9. The summed E-state index contributed by atoms with van der Waals surface area (Å²) >= 11 is 14.5. The Morgan fingerprint density at radius 1 is 1.19 bits per heavy atom. The molecule has 2 aliphatic rings. The number of hydrogen-bond acceptors (Lipinski definition) is 5. The van der Waals surface area contributed by atoms with E-state index in [1.807, 2.05) is 43.6 Å². The second-order valence-corrected chi connectivity index (χ2v) is 10.4. The minimum absolute atomic E-state index is 0.0583. The van der Waals surface area contributed by atoms with Crippen molar-refractivity contribution < 1.29 is 32.7 Å². The first-order valence-electron chi connectivity index (χ1n) is 11.0. The van der Waals surface area contributed by atoms with Gasteiger partial charge in [0.15, 0.2) is 0 Å². The molecule has 4 rings (SSSR count). The lowest BCUT2D eigenvalue weighted by atomic mass is 9.83. The molecule has 37 heavy (non-hydrogen) atoms. The molecule has 2 atom stereocenters. The van der Waals surface area contributed by atoms with Gasteiger partial charge in [-0.25, -0.2) is 14.5 Å². The highest BCUT2D eigenvalue weighted by Gasteiger charge is 2.41. The van der Waals surface area contributed by atoms with Gasteiger partial charge >= 0.3 is 18.2 Å². The fourth-order valence-corrected chi connectivity index (χ4v) is 5.33. The first-order chi connectivity index (χ1) is 17.3. The predicted octanol–water partition coefficient (Wildman–Crippen LogP) is 5.38. The number of para-hydroxylation sites is 1. The fourth-order valence-electron chi connectivity index (χ4n) is 4.29. The monoisotopic (exact) mass is 577 g/mol. The number of aliphatic carboxylic acids is 1. The molecule has 0 spiro atoms. The molecule has 1 unspecified atom stereocenters. The number of fused-ring (bicyclic) bond motifs is 1. The van der Waals surface area contributed by atoms with Crippen molar-refractivity contribution in [1.82, 2.24) is 10.2 Å². The van der Waals surface area contributed by atoms with Crippen LogP contribution in [0.15, 0.2) is 36.4 Å². The Hall–Kier alpha value is -2.47. The first-order valence-corrected chi connectivity index (χ1v) is 13.2. The van der Waals surface area contributed by atoms with Gasteiger partial charge in [-0.3, -0.25) is 4.79 Å². The quantitative estimate of drug-likeness (QED) is 0.464. The number of carbonyl (C=O) groups excluding carboxylic acids is 2. The van der Waals surface area contributed by atoms with Gasteiger partial charge in [0.1, 0.15) is 6.04 Å². The SMILES string of the molecule is CSCCC1NC(=O)N(c2ccccc2[C@@H]2CN(C)Cc3c(Cl)cc(Cl)cc32)C1=O.O=C(O)C(F)(F)F. The van der Waals surface area contributed by atoms with Gasteiger partial charge in [-0.2, -0.15) is 24.9 Å². The molecule has 2 heterocycles. The largest absolute Gasteiger partial charge is 0.490 e. The summed E-state index contributed by atoms with van der Waals surface area (Å²) in [7, 11) is 2.04. The van der Waals surface area contributed by atoms with Crippen molar-refractivity contribution in [3.05, 3.63) is 63.1 Å². The van der Waals surface area contributed by atoms with Gasteiger partial charge in [-0.1, -0.05) is 41.4 Å². The van der Waals surface area contributed by atoms with E-state index >= 15 is 0 Å². The van der Waals surface area contributed by atoms with Gasteiger partial charge in [0.05, 0.1) is 5.69 Å². The summed E-state index contributed by atoms with van der Waals surface area (Å²) in [6, 6.07) is 10.5. The van der Waals surface area contributed by atoms with Crippen molar-refractivity contribution in [3.8, 4) is 0 Å². The number of hydrogen-bond donors (Lipinski definition) is 2. The summed E-state index contributed by atoms with van der Waals surface area (Å²) in [5.74, 6) is -2.20. The molecule has 0 aromatic heterocycles. The van der Waals surface area contributed by atoms with E-state index in [4.69, 9.17) is 33.1 Å². The third-order valence-corrected chi connectivity index (χ3v) is 7.12. The number of likely N-dealkylation sites (N-methyl/N-ethyl adjacent to an activating group) is 1. The summed E-state index contributed by atoms with van der Waals surface area (Å²) in [6.45, 7) is 1.46. The molecule has 2 N–H and O–H groups in total. The number of carboxylic acids is 1. The van der Waals surface area contributed by atoms with Crippen LogP contribution in [0.25, 0.3) is 0 Å². The van der Waals surface area contributed by atoms with Crippen molar-refractivity contribution in [3.63, 3.8) is 0 Å². The van der Waals surface area contributed by atoms with E-state index in [-0.39, 0.29) is 17.9 Å². The van der Waals surface area contributed by atoms with Crippen LogP contribution in [-0.2, 0) is 16.1 Å². The molecule has 2 aliphatic heterocycles. The van der Waals surface area contributed by atoms with Gasteiger partial charge in [-0.15, -0.1) is 0 Å². The molecule has 0 aliphatic carbocycles. The van der Waals surface area contributed by atoms with E-state index in [1.165, 1.54) is 4.90 Å². The van der Waals surface area contributed by atoms with Crippen LogP contribution in [0.2, 0.25) is 10.0 Å². The molecule has 0 bridgehead atoms. The third-order valence-electron chi connectivity index (χ3n) is 5.92.